The second kappa shape index (κ2) is 11.0. The van der Waals surface area contributed by atoms with Crippen LogP contribution >= 0.6 is 0 Å². The average molecular weight is 471 g/mol. The third-order valence-electron chi connectivity index (χ3n) is 6.96. The van der Waals surface area contributed by atoms with E-state index in [4.69, 9.17) is 4.74 Å². The molecule has 1 fully saturated rings. The van der Waals surface area contributed by atoms with Gasteiger partial charge in [0, 0.05) is 37.9 Å². The number of hydrogen-bond acceptors (Lipinski definition) is 4. The molecule has 0 amide bonds. The molecule has 0 aromatic heterocycles. The highest BCUT2D eigenvalue weighted by atomic mass is 16.5. The lowest BCUT2D eigenvalue weighted by atomic mass is 9.84. The first kappa shape index (κ1) is 24.9. The van der Waals surface area contributed by atoms with Gasteiger partial charge in [0.1, 0.15) is 0 Å². The largest absolute Gasteiger partial charge is 0.504 e. The van der Waals surface area contributed by atoms with Gasteiger partial charge >= 0.3 is 0 Å². The Morgan fingerprint density at radius 3 is 1.94 bits per heavy atom. The van der Waals surface area contributed by atoms with E-state index in [-0.39, 0.29) is 5.75 Å². The first-order valence-electron chi connectivity index (χ1n) is 12.7. The van der Waals surface area contributed by atoms with Gasteiger partial charge in [0.05, 0.1) is 7.11 Å². The molecule has 1 N–H and O–H groups in total. The molecule has 0 atom stereocenters. The number of phenols is 1. The number of rotatable bonds is 7. The molecular weight excluding hydrogens is 432 g/mol. The number of methoxy groups -OCH3 is 1. The fourth-order valence-corrected chi connectivity index (χ4v) is 5.04. The van der Waals surface area contributed by atoms with Gasteiger partial charge in [-0.1, -0.05) is 62.4 Å². The summed E-state index contributed by atoms with van der Waals surface area (Å²) in [7, 11) is 1.58. The molecule has 0 bridgehead atoms. The number of anilines is 1. The van der Waals surface area contributed by atoms with Gasteiger partial charge in [0.25, 0.3) is 0 Å². The summed E-state index contributed by atoms with van der Waals surface area (Å²) >= 11 is 0. The minimum Gasteiger partial charge on any atom is -0.504 e. The quantitative estimate of drug-likeness (QED) is 0.397. The van der Waals surface area contributed by atoms with Crippen LogP contribution in [0.1, 0.15) is 44.4 Å². The van der Waals surface area contributed by atoms with Crippen molar-refractivity contribution in [1.29, 1.82) is 0 Å². The van der Waals surface area contributed by atoms with Crippen LogP contribution in [-0.2, 0) is 0 Å². The van der Waals surface area contributed by atoms with Gasteiger partial charge in [-0.05, 0) is 71.9 Å². The summed E-state index contributed by atoms with van der Waals surface area (Å²) in [5, 5.41) is 10.6. The highest BCUT2D eigenvalue weighted by Crippen LogP contribution is 2.40. The Morgan fingerprint density at radius 1 is 0.771 bits per heavy atom. The topological polar surface area (TPSA) is 35.9 Å². The van der Waals surface area contributed by atoms with E-state index in [2.05, 4.69) is 86.0 Å². The van der Waals surface area contributed by atoms with Crippen LogP contribution < -0.4 is 9.64 Å². The normalized spacial score (nSPS) is 15.5. The predicted molar refractivity (Wildman–Crippen MR) is 147 cm³/mol. The Labute approximate surface area is 210 Å². The van der Waals surface area contributed by atoms with Crippen LogP contribution in [0.5, 0.6) is 11.5 Å². The van der Waals surface area contributed by atoms with Crippen molar-refractivity contribution in [2.45, 2.75) is 33.7 Å². The Morgan fingerprint density at radius 2 is 1.40 bits per heavy atom. The minimum atomic E-state index is 0.151. The number of aromatic hydroxyl groups is 1. The predicted octanol–water partition coefficient (Wildman–Crippen LogP) is 6.55. The fraction of sp³-hybridized carbons (Fsp3) is 0.355. The van der Waals surface area contributed by atoms with E-state index in [1.165, 1.54) is 16.8 Å². The number of allylic oxidation sites excluding steroid dienone is 1. The monoisotopic (exact) mass is 470 g/mol. The molecule has 184 valence electrons. The maximum Gasteiger partial charge on any atom is 0.160 e. The van der Waals surface area contributed by atoms with Gasteiger partial charge in [0.15, 0.2) is 11.5 Å². The average Bonchev–Trinajstić information content (AvgIpc) is 2.87. The lowest BCUT2D eigenvalue weighted by Crippen LogP contribution is -2.48. The van der Waals surface area contributed by atoms with Crippen LogP contribution in [-0.4, -0.2) is 49.3 Å². The molecule has 4 heteroatoms. The number of hydrogen-bond donors (Lipinski definition) is 1. The van der Waals surface area contributed by atoms with Crippen molar-refractivity contribution in [3.8, 4) is 11.5 Å². The van der Waals surface area contributed by atoms with Crippen LogP contribution in [0.25, 0.3) is 11.1 Å². The van der Waals surface area contributed by atoms with Gasteiger partial charge in [-0.15, -0.1) is 0 Å². The van der Waals surface area contributed by atoms with Crippen molar-refractivity contribution in [3.63, 3.8) is 0 Å². The number of nitrogens with zero attached hydrogens (tertiary/aromatic N) is 2. The molecular formula is C31H38N2O2. The Bertz CT molecular complexity index is 1140. The number of phenolic OH excluding ortho intramolecular Hbond substituents is 1. The molecule has 1 aliphatic heterocycles. The third kappa shape index (κ3) is 5.54. The number of ether oxygens (including phenoxy) is 1. The van der Waals surface area contributed by atoms with Gasteiger partial charge in [-0.25, -0.2) is 0 Å². The van der Waals surface area contributed by atoms with E-state index < -0.39 is 0 Å². The molecule has 3 aromatic rings. The zero-order chi connectivity index (χ0) is 24.9. The van der Waals surface area contributed by atoms with E-state index in [0.29, 0.717) is 17.7 Å². The molecule has 0 saturated carbocycles. The molecule has 0 spiro atoms. The fourth-order valence-electron chi connectivity index (χ4n) is 5.04. The summed E-state index contributed by atoms with van der Waals surface area (Å²) in [4.78, 5) is 5.02. The van der Waals surface area contributed by atoms with Gasteiger partial charge in [-0.3, -0.25) is 4.90 Å². The molecule has 4 nitrogen and oxygen atoms in total. The van der Waals surface area contributed by atoms with Crippen molar-refractivity contribution in [1.82, 2.24) is 4.90 Å². The highest BCUT2D eigenvalue weighted by Gasteiger charge is 2.21. The molecule has 1 heterocycles. The summed E-state index contributed by atoms with van der Waals surface area (Å²) in [6.07, 6.45) is 0. The maximum atomic E-state index is 10.6. The van der Waals surface area contributed by atoms with Gasteiger partial charge < -0.3 is 14.7 Å². The van der Waals surface area contributed by atoms with E-state index in [0.717, 1.165) is 42.9 Å². The lowest BCUT2D eigenvalue weighted by molar-refractivity contribution is 0.209. The standard InChI is InChI=1S/C31H38N2O2/c1-22(2)30(24-9-7-6-8-10-24)31(26-13-16-29(35-5)28(34)21-26)25-11-14-27(15-12-25)33-19-17-32(18-20-33)23(3)4/h6-16,21-23,34H,17-20H2,1-5H3/b31-30-. The second-order valence-electron chi connectivity index (χ2n) is 9.86. The summed E-state index contributed by atoms with van der Waals surface area (Å²) in [5.41, 5.74) is 6.98. The van der Waals surface area contributed by atoms with Gasteiger partial charge in [-0.2, -0.15) is 0 Å². The van der Waals surface area contributed by atoms with Crippen molar-refractivity contribution in [2.75, 3.05) is 38.2 Å². The van der Waals surface area contributed by atoms with Crippen molar-refractivity contribution in [3.05, 3.63) is 89.5 Å². The minimum absolute atomic E-state index is 0.151. The Hall–Kier alpha value is -3.24. The highest BCUT2D eigenvalue weighted by molar-refractivity contribution is 5.99. The van der Waals surface area contributed by atoms with Crippen molar-refractivity contribution < 1.29 is 9.84 Å². The van der Waals surface area contributed by atoms with Crippen LogP contribution in [0.2, 0.25) is 0 Å². The summed E-state index contributed by atoms with van der Waals surface area (Å²) in [5.74, 6) is 0.925. The first-order valence-corrected chi connectivity index (χ1v) is 12.7. The molecule has 0 radical (unpaired) electrons. The molecule has 4 rings (SSSR count). The van der Waals surface area contributed by atoms with Gasteiger partial charge in [0.2, 0.25) is 0 Å². The van der Waals surface area contributed by atoms with Crippen molar-refractivity contribution in [2.24, 2.45) is 5.92 Å². The van der Waals surface area contributed by atoms with E-state index in [1.54, 1.807) is 7.11 Å². The number of benzene rings is 3. The molecule has 1 saturated heterocycles. The van der Waals surface area contributed by atoms with Crippen LogP contribution in [0.4, 0.5) is 5.69 Å². The molecule has 3 aromatic carbocycles. The summed E-state index contributed by atoms with van der Waals surface area (Å²) in [6.45, 7) is 13.3. The third-order valence-corrected chi connectivity index (χ3v) is 6.96. The zero-order valence-electron chi connectivity index (χ0n) is 21.7. The first-order chi connectivity index (χ1) is 16.9. The lowest BCUT2D eigenvalue weighted by Gasteiger charge is -2.38. The van der Waals surface area contributed by atoms with Crippen LogP contribution in [0.15, 0.2) is 72.8 Å². The molecule has 0 unspecified atom stereocenters. The smallest absolute Gasteiger partial charge is 0.160 e. The SMILES string of the molecule is COc1ccc(/C(=C(\c2ccccc2)C(C)C)c2ccc(N3CCN(C(C)C)CC3)cc2)cc1O. The van der Waals surface area contributed by atoms with E-state index in [1.807, 2.05) is 24.3 Å². The molecule has 35 heavy (non-hydrogen) atoms. The molecule has 0 aliphatic carbocycles. The van der Waals surface area contributed by atoms with E-state index >= 15 is 0 Å². The van der Waals surface area contributed by atoms with Crippen molar-refractivity contribution >= 4 is 16.8 Å². The molecule has 1 aliphatic rings. The second-order valence-corrected chi connectivity index (χ2v) is 9.86. The number of piperazine rings is 1. The Kier molecular flexibility index (Phi) is 7.82. The van der Waals surface area contributed by atoms with E-state index in [9.17, 15) is 5.11 Å². The summed E-state index contributed by atoms with van der Waals surface area (Å²) < 4.78 is 5.31. The Balaban J connectivity index is 1.77. The summed E-state index contributed by atoms with van der Waals surface area (Å²) in [6, 6.07) is 25.8. The van der Waals surface area contributed by atoms with Crippen LogP contribution in [0.3, 0.4) is 0 Å². The zero-order valence-corrected chi connectivity index (χ0v) is 21.7. The van der Waals surface area contributed by atoms with Crippen LogP contribution in [0, 0.1) is 5.92 Å². The maximum absolute atomic E-state index is 10.6.